The fraction of sp³-hybridized carbons (Fsp3) is 0.208. The minimum Gasteiger partial charge on any atom is -0.351 e. The Morgan fingerprint density at radius 3 is 2.29 bits per heavy atom. The molecule has 2 N–H and O–H groups in total. The minimum atomic E-state index is -3.99. The molecule has 0 saturated heterocycles. The summed E-state index contributed by atoms with van der Waals surface area (Å²) in [5.74, 6) is 0.845. The standard InChI is InChI=1S/C24H23Cl3N2O3S2/c1-15-6-8-18(12-16(15)2)29-34(31,32)23-13-17(7-9-22(23)27)24(30)28-10-11-33-14-19-20(25)4-3-5-21(19)26/h3-9,12-13,29H,10-11,14H2,1-2H3,(H,28,30). The van der Waals surface area contributed by atoms with Crippen molar-refractivity contribution < 1.29 is 13.2 Å². The lowest BCUT2D eigenvalue weighted by Crippen LogP contribution is -2.26. The number of sulfonamides is 1. The van der Waals surface area contributed by atoms with Gasteiger partial charge in [-0.05, 0) is 73.0 Å². The van der Waals surface area contributed by atoms with Crippen molar-refractivity contribution in [1.82, 2.24) is 5.32 Å². The second-order valence-electron chi connectivity index (χ2n) is 7.56. The van der Waals surface area contributed by atoms with Crippen LogP contribution in [0.5, 0.6) is 0 Å². The molecule has 0 aliphatic heterocycles. The lowest BCUT2D eigenvalue weighted by atomic mass is 10.1. The van der Waals surface area contributed by atoms with Crippen molar-refractivity contribution in [2.75, 3.05) is 17.0 Å². The van der Waals surface area contributed by atoms with Crippen molar-refractivity contribution >= 4 is 68.2 Å². The van der Waals surface area contributed by atoms with Crippen LogP contribution in [0.4, 0.5) is 5.69 Å². The van der Waals surface area contributed by atoms with Crippen LogP contribution in [0.15, 0.2) is 59.5 Å². The molecule has 180 valence electrons. The molecule has 0 heterocycles. The van der Waals surface area contributed by atoms with Crippen LogP contribution in [0.3, 0.4) is 0 Å². The second-order valence-corrected chi connectivity index (χ2v) is 11.5. The monoisotopic (exact) mass is 556 g/mol. The van der Waals surface area contributed by atoms with Crippen molar-refractivity contribution in [3.63, 3.8) is 0 Å². The molecule has 0 saturated carbocycles. The van der Waals surface area contributed by atoms with E-state index in [1.807, 2.05) is 19.9 Å². The topological polar surface area (TPSA) is 75.3 Å². The number of carbonyl (C=O) groups excluding carboxylic acids is 1. The zero-order chi connectivity index (χ0) is 24.9. The fourth-order valence-electron chi connectivity index (χ4n) is 3.05. The highest BCUT2D eigenvalue weighted by molar-refractivity contribution is 7.98. The van der Waals surface area contributed by atoms with Gasteiger partial charge in [0.15, 0.2) is 0 Å². The molecule has 0 aromatic heterocycles. The molecule has 3 rings (SSSR count). The number of hydrogen-bond donors (Lipinski definition) is 2. The fourth-order valence-corrected chi connectivity index (χ4v) is 6.22. The first kappa shape index (κ1) is 26.7. The maximum atomic E-state index is 12.9. The Kier molecular flexibility index (Phi) is 9.18. The molecule has 1 amide bonds. The number of anilines is 1. The first-order valence-corrected chi connectivity index (χ1v) is 14.0. The van der Waals surface area contributed by atoms with Gasteiger partial charge in [-0.25, -0.2) is 8.42 Å². The van der Waals surface area contributed by atoms with E-state index in [1.54, 1.807) is 42.1 Å². The van der Waals surface area contributed by atoms with Crippen LogP contribution in [0.1, 0.15) is 27.0 Å². The normalized spacial score (nSPS) is 11.3. The van der Waals surface area contributed by atoms with E-state index in [0.29, 0.717) is 33.8 Å². The van der Waals surface area contributed by atoms with Crippen molar-refractivity contribution in [3.05, 3.63) is 91.9 Å². The Balaban J connectivity index is 1.62. The summed E-state index contributed by atoms with van der Waals surface area (Å²) in [6, 6.07) is 14.8. The first-order valence-electron chi connectivity index (χ1n) is 10.3. The third-order valence-corrected chi connectivity index (χ3v) is 8.64. The molecule has 0 atom stereocenters. The van der Waals surface area contributed by atoms with E-state index in [9.17, 15) is 13.2 Å². The number of hydrogen-bond acceptors (Lipinski definition) is 4. The summed E-state index contributed by atoms with van der Waals surface area (Å²) in [5.41, 5.74) is 3.47. The van der Waals surface area contributed by atoms with Gasteiger partial charge >= 0.3 is 0 Å². The van der Waals surface area contributed by atoms with Crippen LogP contribution in [-0.2, 0) is 15.8 Å². The lowest BCUT2D eigenvalue weighted by molar-refractivity contribution is 0.0956. The Bertz CT molecular complexity index is 1290. The zero-order valence-electron chi connectivity index (χ0n) is 18.5. The number of aryl methyl sites for hydroxylation is 2. The molecule has 3 aromatic carbocycles. The molecule has 0 fully saturated rings. The average Bonchev–Trinajstić information content (AvgIpc) is 2.77. The summed E-state index contributed by atoms with van der Waals surface area (Å²) in [6.07, 6.45) is 0. The van der Waals surface area contributed by atoms with Gasteiger partial charge in [0, 0.05) is 39.3 Å². The predicted octanol–water partition coefficient (Wildman–Crippen LogP) is 6.73. The molecular formula is C24H23Cl3N2O3S2. The van der Waals surface area contributed by atoms with Gasteiger partial charge in [-0.15, -0.1) is 0 Å². The Morgan fingerprint density at radius 1 is 0.912 bits per heavy atom. The van der Waals surface area contributed by atoms with Crippen LogP contribution in [0.25, 0.3) is 0 Å². The van der Waals surface area contributed by atoms with E-state index in [-0.39, 0.29) is 15.5 Å². The largest absolute Gasteiger partial charge is 0.351 e. The van der Waals surface area contributed by atoms with Crippen LogP contribution in [-0.4, -0.2) is 26.6 Å². The lowest BCUT2D eigenvalue weighted by Gasteiger charge is -2.12. The predicted molar refractivity (Wildman–Crippen MR) is 143 cm³/mol. The van der Waals surface area contributed by atoms with Gasteiger partial charge < -0.3 is 5.32 Å². The number of nitrogens with one attached hydrogen (secondary N) is 2. The van der Waals surface area contributed by atoms with Gasteiger partial charge in [0.05, 0.1) is 5.02 Å². The molecule has 0 radical (unpaired) electrons. The molecule has 0 aliphatic carbocycles. The Labute approximate surface area is 219 Å². The van der Waals surface area contributed by atoms with Crippen molar-refractivity contribution in [2.45, 2.75) is 24.5 Å². The Hall–Kier alpha value is -1.90. The highest BCUT2D eigenvalue weighted by Gasteiger charge is 2.20. The summed E-state index contributed by atoms with van der Waals surface area (Å²) >= 11 is 20.1. The molecule has 34 heavy (non-hydrogen) atoms. The Morgan fingerprint density at radius 2 is 1.62 bits per heavy atom. The highest BCUT2D eigenvalue weighted by atomic mass is 35.5. The van der Waals surface area contributed by atoms with Crippen LogP contribution < -0.4 is 10.0 Å². The third kappa shape index (κ3) is 6.83. The van der Waals surface area contributed by atoms with Gasteiger partial charge in [0.1, 0.15) is 4.90 Å². The molecule has 0 bridgehead atoms. The average molecular weight is 558 g/mol. The smallest absolute Gasteiger partial charge is 0.263 e. The van der Waals surface area contributed by atoms with Crippen molar-refractivity contribution in [2.24, 2.45) is 0 Å². The van der Waals surface area contributed by atoms with E-state index < -0.39 is 15.9 Å². The van der Waals surface area contributed by atoms with E-state index in [1.165, 1.54) is 18.2 Å². The quantitative estimate of drug-likeness (QED) is 0.286. The van der Waals surface area contributed by atoms with Crippen LogP contribution in [0, 0.1) is 13.8 Å². The van der Waals surface area contributed by atoms with Crippen LogP contribution in [0.2, 0.25) is 15.1 Å². The number of halogens is 3. The van der Waals surface area contributed by atoms with Gasteiger partial charge in [-0.3, -0.25) is 9.52 Å². The van der Waals surface area contributed by atoms with Crippen LogP contribution >= 0.6 is 46.6 Å². The second kappa shape index (κ2) is 11.7. The van der Waals surface area contributed by atoms with Crippen molar-refractivity contribution in [1.29, 1.82) is 0 Å². The summed E-state index contributed by atoms with van der Waals surface area (Å²) in [5, 5.41) is 4.03. The van der Waals surface area contributed by atoms with Crippen molar-refractivity contribution in [3.8, 4) is 0 Å². The van der Waals surface area contributed by atoms with E-state index in [4.69, 9.17) is 34.8 Å². The summed E-state index contributed by atoms with van der Waals surface area (Å²) in [6.45, 7) is 4.22. The number of amides is 1. The maximum absolute atomic E-state index is 12.9. The van der Waals surface area contributed by atoms with E-state index in [2.05, 4.69) is 10.0 Å². The van der Waals surface area contributed by atoms with E-state index >= 15 is 0 Å². The SMILES string of the molecule is Cc1ccc(NS(=O)(=O)c2cc(C(=O)NCCSCc3c(Cl)cccc3Cl)ccc2Cl)cc1C. The molecule has 0 aliphatic rings. The number of thioether (sulfide) groups is 1. The van der Waals surface area contributed by atoms with Gasteiger partial charge in [-0.1, -0.05) is 46.9 Å². The minimum absolute atomic E-state index is 0.0278. The third-order valence-electron chi connectivity index (χ3n) is 5.08. The first-order chi connectivity index (χ1) is 16.1. The molecule has 10 heteroatoms. The molecule has 0 unspecified atom stereocenters. The maximum Gasteiger partial charge on any atom is 0.263 e. The molecule has 3 aromatic rings. The molecule has 5 nitrogen and oxygen atoms in total. The molecular weight excluding hydrogens is 535 g/mol. The van der Waals surface area contributed by atoms with Gasteiger partial charge in [0.2, 0.25) is 0 Å². The highest BCUT2D eigenvalue weighted by Crippen LogP contribution is 2.28. The van der Waals surface area contributed by atoms with E-state index in [0.717, 1.165) is 16.7 Å². The van der Waals surface area contributed by atoms with Gasteiger partial charge in [-0.2, -0.15) is 11.8 Å². The molecule has 0 spiro atoms. The van der Waals surface area contributed by atoms with Gasteiger partial charge in [0.25, 0.3) is 15.9 Å². The summed E-state index contributed by atoms with van der Waals surface area (Å²) < 4.78 is 28.4. The summed E-state index contributed by atoms with van der Waals surface area (Å²) in [4.78, 5) is 12.4. The zero-order valence-corrected chi connectivity index (χ0v) is 22.4. The summed E-state index contributed by atoms with van der Waals surface area (Å²) in [7, 11) is -3.99. The number of benzene rings is 3. The number of carbonyl (C=O) groups is 1. The number of rotatable bonds is 9.